The van der Waals surface area contributed by atoms with Crippen LogP contribution < -0.4 is 5.69 Å². The Labute approximate surface area is 239 Å². The number of H-pyrrole nitrogens is 1. The summed E-state index contributed by atoms with van der Waals surface area (Å²) in [4.78, 5) is 31.2. The Kier molecular flexibility index (Phi) is 8.75. The average molecular weight is 558 g/mol. The second-order valence-electron chi connectivity index (χ2n) is 11.4. The van der Waals surface area contributed by atoms with Gasteiger partial charge in [0, 0.05) is 29.8 Å². The Morgan fingerprint density at radius 3 is 2.61 bits per heavy atom. The van der Waals surface area contributed by atoms with E-state index in [9.17, 15) is 14.7 Å². The molecule has 1 aliphatic carbocycles. The first-order valence-corrected chi connectivity index (χ1v) is 14.7. The van der Waals surface area contributed by atoms with E-state index in [4.69, 9.17) is 0 Å². The maximum Gasteiger partial charge on any atom is 0.328 e. The fourth-order valence-corrected chi connectivity index (χ4v) is 6.44. The lowest BCUT2D eigenvalue weighted by Crippen LogP contribution is -2.39. The third-order valence-electron chi connectivity index (χ3n) is 8.56. The first-order chi connectivity index (χ1) is 19.9. The smallest absolute Gasteiger partial charge is 0.328 e. The number of aliphatic carboxylic acids is 1. The molecule has 0 spiro atoms. The fraction of sp³-hybridized carbons (Fsp3) is 0.484. The second-order valence-corrected chi connectivity index (χ2v) is 11.4. The van der Waals surface area contributed by atoms with Gasteiger partial charge in [-0.1, -0.05) is 64.3 Å². The van der Waals surface area contributed by atoms with E-state index >= 15 is 0 Å². The molecule has 2 N–H and O–H groups in total. The number of hydrogen-bond acceptors (Lipinski definition) is 6. The largest absolute Gasteiger partial charge is 0.481 e. The van der Waals surface area contributed by atoms with Gasteiger partial charge in [0.05, 0.1) is 18.5 Å². The normalized spacial score (nSPS) is 19.4. The summed E-state index contributed by atoms with van der Waals surface area (Å²) in [5.74, 6) is -0.538. The number of carbonyl (C=O) groups is 1. The number of carboxylic acids is 1. The molecular formula is C31H39N7O3. The van der Waals surface area contributed by atoms with E-state index in [0.717, 1.165) is 66.5 Å². The first kappa shape index (κ1) is 28.4. The number of aromatic amines is 1. The third-order valence-corrected chi connectivity index (χ3v) is 8.56. The van der Waals surface area contributed by atoms with Crippen LogP contribution in [0.25, 0.3) is 22.5 Å². The molecule has 1 aliphatic rings. The topological polar surface area (TPSA) is 132 Å². The number of pyridine rings is 1. The van der Waals surface area contributed by atoms with Gasteiger partial charge in [-0.25, -0.2) is 4.79 Å². The lowest BCUT2D eigenvalue weighted by molar-refractivity contribution is -0.144. The first-order valence-electron chi connectivity index (χ1n) is 14.7. The van der Waals surface area contributed by atoms with Crippen LogP contribution in [0.1, 0.15) is 76.6 Å². The zero-order valence-corrected chi connectivity index (χ0v) is 24.0. The Bertz CT molecular complexity index is 1520. The molecule has 0 amide bonds. The summed E-state index contributed by atoms with van der Waals surface area (Å²) >= 11 is 0. The number of benzene rings is 1. The number of imidazole rings is 1. The molecule has 1 fully saturated rings. The van der Waals surface area contributed by atoms with E-state index < -0.39 is 11.9 Å². The molecule has 0 radical (unpaired) electrons. The second kappa shape index (κ2) is 12.6. The highest BCUT2D eigenvalue weighted by molar-refractivity contribution is 5.81. The van der Waals surface area contributed by atoms with Crippen LogP contribution in [0.3, 0.4) is 0 Å². The molecule has 10 nitrogen and oxygen atoms in total. The van der Waals surface area contributed by atoms with E-state index in [1.165, 1.54) is 0 Å². The highest BCUT2D eigenvalue weighted by Gasteiger charge is 2.40. The summed E-state index contributed by atoms with van der Waals surface area (Å²) in [5.41, 5.74) is 4.34. The Balaban J connectivity index is 1.62. The van der Waals surface area contributed by atoms with Crippen molar-refractivity contribution in [3.63, 3.8) is 0 Å². The van der Waals surface area contributed by atoms with Crippen LogP contribution in [0.2, 0.25) is 0 Å². The summed E-state index contributed by atoms with van der Waals surface area (Å²) in [6.07, 6.45) is 11.5. The van der Waals surface area contributed by atoms with Crippen molar-refractivity contribution in [3.8, 4) is 22.5 Å². The van der Waals surface area contributed by atoms with Crippen LogP contribution in [0.5, 0.6) is 0 Å². The molecule has 4 aromatic rings. The van der Waals surface area contributed by atoms with Crippen molar-refractivity contribution < 1.29 is 9.90 Å². The summed E-state index contributed by atoms with van der Waals surface area (Å²) < 4.78 is 3.59. The van der Waals surface area contributed by atoms with Gasteiger partial charge in [-0.3, -0.25) is 18.9 Å². The van der Waals surface area contributed by atoms with Gasteiger partial charge < -0.3 is 5.11 Å². The number of aryl methyl sites for hydroxylation is 1. The van der Waals surface area contributed by atoms with Crippen molar-refractivity contribution in [2.24, 2.45) is 17.8 Å². The van der Waals surface area contributed by atoms with Gasteiger partial charge in [0.1, 0.15) is 0 Å². The van der Waals surface area contributed by atoms with E-state index in [1.807, 2.05) is 41.1 Å². The lowest BCUT2D eigenvalue weighted by atomic mass is 9.80. The Morgan fingerprint density at radius 1 is 1.12 bits per heavy atom. The predicted octanol–water partition coefficient (Wildman–Crippen LogP) is 5.37. The SMILES string of the molecule is CCCCc1cn(C2C(C(=O)O)CCCCC2C(C)C)c(=O)n1Cc1cnccc1-c1ccccc1-c1nn[nH]n1. The molecule has 3 atom stereocenters. The molecule has 1 aromatic carbocycles. The van der Waals surface area contributed by atoms with Crippen molar-refractivity contribution in [1.82, 2.24) is 34.7 Å². The van der Waals surface area contributed by atoms with Crippen LogP contribution in [-0.2, 0) is 17.8 Å². The number of unbranched alkanes of at least 4 members (excludes halogenated alkanes) is 1. The molecule has 0 aliphatic heterocycles. The highest BCUT2D eigenvalue weighted by atomic mass is 16.4. The van der Waals surface area contributed by atoms with Crippen molar-refractivity contribution in [2.75, 3.05) is 0 Å². The molecule has 1 saturated carbocycles. The van der Waals surface area contributed by atoms with Gasteiger partial charge >= 0.3 is 11.7 Å². The molecule has 41 heavy (non-hydrogen) atoms. The molecular weight excluding hydrogens is 518 g/mol. The summed E-state index contributed by atoms with van der Waals surface area (Å²) in [7, 11) is 0. The summed E-state index contributed by atoms with van der Waals surface area (Å²) in [6.45, 7) is 6.75. The van der Waals surface area contributed by atoms with Gasteiger partial charge in [0.25, 0.3) is 0 Å². The number of nitrogens with zero attached hydrogens (tertiary/aromatic N) is 6. The maximum atomic E-state index is 14.3. The lowest BCUT2D eigenvalue weighted by Gasteiger charge is -2.32. The minimum absolute atomic E-state index is 0.113. The van der Waals surface area contributed by atoms with E-state index in [1.54, 1.807) is 17.0 Å². The Morgan fingerprint density at radius 2 is 1.90 bits per heavy atom. The number of rotatable bonds is 10. The van der Waals surface area contributed by atoms with Crippen LogP contribution in [0, 0.1) is 17.8 Å². The predicted molar refractivity (Wildman–Crippen MR) is 156 cm³/mol. The molecule has 3 aromatic heterocycles. The molecule has 5 rings (SSSR count). The minimum Gasteiger partial charge on any atom is -0.481 e. The Hall–Kier alpha value is -4.08. The fourth-order valence-electron chi connectivity index (χ4n) is 6.44. The van der Waals surface area contributed by atoms with Crippen LogP contribution in [0.15, 0.2) is 53.7 Å². The van der Waals surface area contributed by atoms with E-state index in [0.29, 0.717) is 18.8 Å². The number of tetrazole rings is 1. The zero-order valence-electron chi connectivity index (χ0n) is 24.0. The van der Waals surface area contributed by atoms with Crippen molar-refractivity contribution in [2.45, 2.75) is 78.3 Å². The highest BCUT2D eigenvalue weighted by Crippen LogP contribution is 2.41. The molecule has 3 heterocycles. The number of carboxylic acid groups (broad SMARTS) is 1. The summed E-state index contributed by atoms with van der Waals surface area (Å²) in [6, 6.07) is 9.42. The molecule has 3 unspecified atom stereocenters. The van der Waals surface area contributed by atoms with Gasteiger partial charge in [-0.15, -0.1) is 10.2 Å². The van der Waals surface area contributed by atoms with E-state index in [-0.39, 0.29) is 23.6 Å². The molecule has 216 valence electrons. The number of hydrogen-bond donors (Lipinski definition) is 2. The number of aromatic nitrogens is 7. The van der Waals surface area contributed by atoms with Gasteiger partial charge in [-0.05, 0) is 65.5 Å². The van der Waals surface area contributed by atoms with Crippen molar-refractivity contribution in [3.05, 3.63) is 70.7 Å². The van der Waals surface area contributed by atoms with Gasteiger partial charge in [0.15, 0.2) is 0 Å². The van der Waals surface area contributed by atoms with Gasteiger partial charge in [0.2, 0.25) is 5.82 Å². The van der Waals surface area contributed by atoms with Crippen molar-refractivity contribution in [1.29, 1.82) is 0 Å². The molecule has 0 saturated heterocycles. The van der Waals surface area contributed by atoms with E-state index in [2.05, 4.69) is 46.4 Å². The minimum atomic E-state index is -0.815. The van der Waals surface area contributed by atoms with Crippen molar-refractivity contribution >= 4 is 5.97 Å². The van der Waals surface area contributed by atoms with Crippen LogP contribution in [0.4, 0.5) is 0 Å². The quantitative estimate of drug-likeness (QED) is 0.251. The maximum absolute atomic E-state index is 14.3. The average Bonchev–Trinajstić information content (AvgIpc) is 3.54. The van der Waals surface area contributed by atoms with Gasteiger partial charge in [-0.2, -0.15) is 5.21 Å². The monoisotopic (exact) mass is 557 g/mol. The zero-order chi connectivity index (χ0) is 28.9. The summed E-state index contributed by atoms with van der Waals surface area (Å²) in [5, 5.41) is 24.9. The number of nitrogens with one attached hydrogen (secondary N) is 1. The van der Waals surface area contributed by atoms with Crippen LogP contribution in [-0.4, -0.2) is 45.8 Å². The molecule has 0 bridgehead atoms. The molecule has 10 heteroatoms. The third kappa shape index (κ3) is 5.87. The van der Waals surface area contributed by atoms with Crippen LogP contribution >= 0.6 is 0 Å². The standard InChI is InChI=1S/C31H39N7O3/c1-4-5-10-22-19-38(28-23(20(2)3)11-6-9-14-27(28)30(39)40)31(41)37(22)18-21-17-32-16-15-24(21)25-12-7-8-13-26(25)29-33-35-36-34-29/h7-8,12-13,15-17,19-20,23,27-28H,4-6,9-11,14,18H2,1-3H3,(H,39,40)(H,33,34,35,36).